The molecule has 0 fully saturated rings. The van der Waals surface area contributed by atoms with Gasteiger partial charge in [0.1, 0.15) is 5.60 Å². The minimum absolute atomic E-state index is 0.0270. The minimum atomic E-state index is -3.55. The lowest BCUT2D eigenvalue weighted by Gasteiger charge is -2.26. The van der Waals surface area contributed by atoms with Crippen molar-refractivity contribution >= 4 is 39.5 Å². The number of hydrogen-bond acceptors (Lipinski definition) is 7. The van der Waals surface area contributed by atoms with Crippen LogP contribution in [0.1, 0.15) is 38.3 Å². The number of ether oxygens (including phenoxy) is 1. The van der Waals surface area contributed by atoms with E-state index in [1.807, 2.05) is 30.0 Å². The number of amides is 1. The highest BCUT2D eigenvalue weighted by atomic mass is 35.5. The molecule has 1 amide bonds. The molecule has 11 heteroatoms. The van der Waals surface area contributed by atoms with Gasteiger partial charge in [-0.3, -0.25) is 8.98 Å². The van der Waals surface area contributed by atoms with E-state index in [9.17, 15) is 23.1 Å². The molecule has 0 aromatic heterocycles. The molecule has 0 saturated carbocycles. The van der Waals surface area contributed by atoms with Gasteiger partial charge in [-0.1, -0.05) is 6.07 Å². The number of aliphatic carboxylic acids is 1. The number of alkyl carbamates (subject to hydrolysis) is 1. The zero-order chi connectivity index (χ0) is 24.5. The van der Waals surface area contributed by atoms with Crippen molar-refractivity contribution in [3.05, 3.63) is 29.3 Å². The van der Waals surface area contributed by atoms with Gasteiger partial charge in [0.15, 0.2) is 0 Å². The normalized spacial score (nSPS) is 12.8. The summed E-state index contributed by atoms with van der Waals surface area (Å²) in [6.45, 7) is 7.81. The summed E-state index contributed by atoms with van der Waals surface area (Å²) in [5, 5.41) is 11.9. The van der Waals surface area contributed by atoms with E-state index >= 15 is 0 Å². The van der Waals surface area contributed by atoms with Gasteiger partial charge in [-0.05, 0) is 57.4 Å². The Kier molecular flexibility index (Phi) is 10.7. The van der Waals surface area contributed by atoms with E-state index in [1.54, 1.807) is 20.8 Å². The standard InChI is InChI=1S/C21H33ClN2O7S/c1-15-6-7-18(24(9-8-22)10-11-30-32(5,28)29)13-16(15)12-17(14-19(25)26)23-20(27)31-21(2,3)4/h6-7,13,17H,8-12,14H2,1-5H3,(H,23,27)(H,25,26)/t17-/m1/s1. The Bertz CT molecular complexity index is 885. The fourth-order valence-electron chi connectivity index (χ4n) is 2.97. The first-order valence-corrected chi connectivity index (χ1v) is 12.5. The fraction of sp³-hybridized carbons (Fsp3) is 0.619. The summed E-state index contributed by atoms with van der Waals surface area (Å²) >= 11 is 5.91. The topological polar surface area (TPSA) is 122 Å². The highest BCUT2D eigenvalue weighted by Crippen LogP contribution is 2.22. The molecule has 32 heavy (non-hydrogen) atoms. The van der Waals surface area contributed by atoms with E-state index in [1.165, 1.54) is 0 Å². The molecule has 1 aromatic rings. The van der Waals surface area contributed by atoms with Crippen molar-refractivity contribution in [3.8, 4) is 0 Å². The van der Waals surface area contributed by atoms with Crippen molar-refractivity contribution in [1.82, 2.24) is 5.32 Å². The van der Waals surface area contributed by atoms with Crippen LogP contribution in [0.15, 0.2) is 18.2 Å². The number of carboxylic acid groups (broad SMARTS) is 1. The van der Waals surface area contributed by atoms with Crippen LogP contribution in [0.3, 0.4) is 0 Å². The van der Waals surface area contributed by atoms with Gasteiger partial charge in [-0.25, -0.2) is 4.79 Å². The van der Waals surface area contributed by atoms with Crippen molar-refractivity contribution in [2.24, 2.45) is 0 Å². The van der Waals surface area contributed by atoms with E-state index in [2.05, 4.69) is 5.32 Å². The van der Waals surface area contributed by atoms with Gasteiger partial charge in [-0.2, -0.15) is 8.42 Å². The van der Waals surface area contributed by atoms with Crippen molar-refractivity contribution in [2.45, 2.75) is 52.2 Å². The van der Waals surface area contributed by atoms with Gasteiger partial charge in [0.2, 0.25) is 0 Å². The van der Waals surface area contributed by atoms with E-state index < -0.39 is 33.8 Å². The molecule has 1 rings (SSSR count). The van der Waals surface area contributed by atoms with Crippen LogP contribution in [0, 0.1) is 6.92 Å². The number of carbonyl (C=O) groups excluding carboxylic acids is 1. The lowest BCUT2D eigenvalue weighted by atomic mass is 9.98. The summed E-state index contributed by atoms with van der Waals surface area (Å²) in [7, 11) is -3.55. The molecule has 0 heterocycles. The molecule has 0 unspecified atom stereocenters. The average Bonchev–Trinajstić information content (AvgIpc) is 2.59. The highest BCUT2D eigenvalue weighted by Gasteiger charge is 2.22. The van der Waals surface area contributed by atoms with Crippen LogP contribution in [0.5, 0.6) is 0 Å². The number of nitrogens with zero attached hydrogens (tertiary/aromatic N) is 1. The largest absolute Gasteiger partial charge is 0.481 e. The monoisotopic (exact) mass is 492 g/mol. The highest BCUT2D eigenvalue weighted by molar-refractivity contribution is 7.85. The Labute approximate surface area is 195 Å². The third-order valence-corrected chi connectivity index (χ3v) is 5.08. The van der Waals surface area contributed by atoms with Crippen molar-refractivity contribution < 1.29 is 32.0 Å². The molecule has 2 N–H and O–H groups in total. The summed E-state index contributed by atoms with van der Waals surface area (Å²) in [6, 6.07) is 4.97. The van der Waals surface area contributed by atoms with Crippen LogP contribution in [0.4, 0.5) is 10.5 Å². The fourth-order valence-corrected chi connectivity index (χ4v) is 3.55. The first-order chi connectivity index (χ1) is 14.7. The number of halogens is 1. The van der Waals surface area contributed by atoms with Crippen molar-refractivity contribution in [3.63, 3.8) is 0 Å². The molecule has 0 aliphatic heterocycles. The van der Waals surface area contributed by atoms with Gasteiger partial charge >= 0.3 is 12.1 Å². The second kappa shape index (κ2) is 12.3. The summed E-state index contributed by atoms with van der Waals surface area (Å²) in [6.07, 6.45) is 0.318. The van der Waals surface area contributed by atoms with Crippen LogP contribution in [0.25, 0.3) is 0 Å². The zero-order valence-electron chi connectivity index (χ0n) is 19.2. The Morgan fingerprint density at radius 1 is 1.25 bits per heavy atom. The maximum Gasteiger partial charge on any atom is 0.407 e. The molecular weight excluding hydrogens is 460 g/mol. The molecule has 1 atom stereocenters. The first-order valence-electron chi connectivity index (χ1n) is 10.2. The average molecular weight is 493 g/mol. The third kappa shape index (κ3) is 11.5. The molecule has 0 radical (unpaired) electrons. The Morgan fingerprint density at radius 2 is 1.91 bits per heavy atom. The molecular formula is C21H33ClN2O7S. The van der Waals surface area contributed by atoms with Gasteiger partial charge < -0.3 is 20.1 Å². The van der Waals surface area contributed by atoms with Crippen molar-refractivity contribution in [1.29, 1.82) is 0 Å². The Balaban J connectivity index is 3.04. The number of carbonyl (C=O) groups is 2. The number of rotatable bonds is 12. The quantitative estimate of drug-likeness (QED) is 0.337. The number of alkyl halides is 1. The van der Waals surface area contributed by atoms with Gasteiger partial charge in [-0.15, -0.1) is 11.6 Å². The zero-order valence-corrected chi connectivity index (χ0v) is 20.8. The van der Waals surface area contributed by atoms with Gasteiger partial charge in [0.05, 0.1) is 19.3 Å². The molecule has 0 saturated heterocycles. The summed E-state index contributed by atoms with van der Waals surface area (Å²) in [5.41, 5.74) is 1.85. The van der Waals surface area contributed by atoms with Crippen molar-refractivity contribution in [2.75, 3.05) is 36.7 Å². The summed E-state index contributed by atoms with van der Waals surface area (Å²) < 4.78 is 32.5. The summed E-state index contributed by atoms with van der Waals surface area (Å²) in [4.78, 5) is 25.4. The van der Waals surface area contributed by atoms with Crippen LogP contribution in [-0.2, 0) is 30.3 Å². The molecule has 1 aromatic carbocycles. The predicted octanol–water partition coefficient (Wildman–Crippen LogP) is 2.93. The molecule has 0 bridgehead atoms. The number of nitrogens with one attached hydrogen (secondary N) is 1. The van der Waals surface area contributed by atoms with E-state index in [0.717, 1.165) is 23.1 Å². The molecule has 0 spiro atoms. The predicted molar refractivity (Wildman–Crippen MR) is 124 cm³/mol. The van der Waals surface area contributed by atoms with Crippen LogP contribution in [0.2, 0.25) is 0 Å². The van der Waals surface area contributed by atoms with Crippen LogP contribution >= 0.6 is 11.6 Å². The van der Waals surface area contributed by atoms with Crippen LogP contribution in [-0.4, -0.2) is 69.1 Å². The molecule has 9 nitrogen and oxygen atoms in total. The van der Waals surface area contributed by atoms with E-state index in [-0.39, 0.29) is 19.4 Å². The van der Waals surface area contributed by atoms with E-state index in [0.29, 0.717) is 19.0 Å². The van der Waals surface area contributed by atoms with Gasteiger partial charge in [0.25, 0.3) is 10.1 Å². The number of anilines is 1. The maximum absolute atomic E-state index is 12.2. The second-order valence-electron chi connectivity index (χ2n) is 8.46. The first kappa shape index (κ1) is 28.0. The molecule has 0 aliphatic carbocycles. The number of aryl methyl sites for hydroxylation is 1. The lowest BCUT2D eigenvalue weighted by Crippen LogP contribution is -2.41. The smallest absolute Gasteiger partial charge is 0.407 e. The minimum Gasteiger partial charge on any atom is -0.481 e. The Morgan fingerprint density at radius 3 is 2.44 bits per heavy atom. The number of benzene rings is 1. The number of carboxylic acids is 1. The van der Waals surface area contributed by atoms with Gasteiger partial charge in [0, 0.05) is 30.7 Å². The summed E-state index contributed by atoms with van der Waals surface area (Å²) in [5.74, 6) is -0.717. The lowest BCUT2D eigenvalue weighted by molar-refractivity contribution is -0.137. The molecule has 182 valence electrons. The van der Waals surface area contributed by atoms with Crippen LogP contribution < -0.4 is 10.2 Å². The third-order valence-electron chi connectivity index (χ3n) is 4.32. The Hall–Kier alpha value is -2.04. The van der Waals surface area contributed by atoms with E-state index in [4.69, 9.17) is 20.5 Å². The second-order valence-corrected chi connectivity index (χ2v) is 10.5. The number of hydrogen-bond donors (Lipinski definition) is 2. The SMILES string of the molecule is Cc1ccc(N(CCCl)CCOS(C)(=O)=O)cc1C[C@H](CC(=O)O)NC(=O)OC(C)(C)C. The maximum atomic E-state index is 12.2. The molecule has 0 aliphatic rings.